The Morgan fingerprint density at radius 2 is 1.48 bits per heavy atom. The Balaban J connectivity index is 1.89. The summed E-state index contributed by atoms with van der Waals surface area (Å²) in [5.74, 6) is -0.992. The molecule has 3 nitrogen and oxygen atoms in total. The number of benzene rings is 3. The second-order valence-electron chi connectivity index (χ2n) is 5.43. The molecule has 0 amide bonds. The van der Waals surface area contributed by atoms with Crippen molar-refractivity contribution in [3.63, 3.8) is 0 Å². The van der Waals surface area contributed by atoms with Crippen molar-refractivity contribution in [2.24, 2.45) is 0 Å². The molecule has 0 spiro atoms. The van der Waals surface area contributed by atoms with Gasteiger partial charge >= 0.3 is 5.97 Å². The summed E-state index contributed by atoms with van der Waals surface area (Å²) >= 11 is 5.93. The molecule has 0 radical (unpaired) electrons. The second-order valence-corrected chi connectivity index (χ2v) is 8.07. The monoisotopic (exact) mass is 369 g/mol. The fourth-order valence-electron chi connectivity index (χ4n) is 2.56. The van der Waals surface area contributed by atoms with Gasteiger partial charge in [-0.1, -0.05) is 72.3 Å². The minimum Gasteiger partial charge on any atom is -0.478 e. The van der Waals surface area contributed by atoms with Crippen LogP contribution in [-0.4, -0.2) is 17.4 Å². The number of carboxylic acids is 1. The van der Waals surface area contributed by atoms with Crippen molar-refractivity contribution in [3.8, 4) is 0 Å². The first kappa shape index (κ1) is 17.5. The molecular weight excluding hydrogens is 353 g/mol. The number of hydrogen-bond donors (Lipinski definition) is 2. The highest BCUT2D eigenvalue weighted by Crippen LogP contribution is 2.34. The van der Waals surface area contributed by atoms with Gasteiger partial charge in [0.2, 0.25) is 0 Å². The van der Waals surface area contributed by atoms with Gasteiger partial charge in [-0.05, 0) is 36.7 Å². The largest absolute Gasteiger partial charge is 0.478 e. The van der Waals surface area contributed by atoms with Crippen LogP contribution in [0.4, 0.5) is 5.69 Å². The number of rotatable bonds is 6. The summed E-state index contributed by atoms with van der Waals surface area (Å²) in [5, 5.41) is 15.6. The number of halogens is 1. The lowest BCUT2D eigenvalue weighted by Crippen LogP contribution is -2.18. The SMILES string of the molecule is O=C(O)c1cc(Cl)ccc1NCP(c1ccccc1)c1ccccc1. The van der Waals surface area contributed by atoms with E-state index < -0.39 is 13.9 Å². The number of carbonyl (C=O) groups is 1. The maximum absolute atomic E-state index is 11.5. The molecule has 0 bridgehead atoms. The third kappa shape index (κ3) is 4.39. The van der Waals surface area contributed by atoms with E-state index in [0.29, 0.717) is 17.0 Å². The van der Waals surface area contributed by atoms with Crippen molar-refractivity contribution < 1.29 is 9.90 Å². The second kappa shape index (κ2) is 8.15. The highest BCUT2D eigenvalue weighted by atomic mass is 35.5. The maximum Gasteiger partial charge on any atom is 0.337 e. The van der Waals surface area contributed by atoms with E-state index >= 15 is 0 Å². The Morgan fingerprint density at radius 3 is 2.00 bits per heavy atom. The number of nitrogens with one attached hydrogen (secondary N) is 1. The molecule has 0 aliphatic heterocycles. The van der Waals surface area contributed by atoms with Gasteiger partial charge in [0, 0.05) is 17.0 Å². The van der Waals surface area contributed by atoms with Gasteiger partial charge in [0.25, 0.3) is 0 Å². The zero-order chi connectivity index (χ0) is 17.6. The third-order valence-corrected chi connectivity index (χ3v) is 6.33. The molecule has 0 unspecified atom stereocenters. The van der Waals surface area contributed by atoms with Gasteiger partial charge in [-0.25, -0.2) is 4.79 Å². The lowest BCUT2D eigenvalue weighted by atomic mass is 10.2. The minimum atomic E-state index is -0.992. The first-order valence-corrected chi connectivity index (χ1v) is 9.70. The molecule has 0 aliphatic carbocycles. The van der Waals surface area contributed by atoms with Crippen molar-refractivity contribution in [1.29, 1.82) is 0 Å². The van der Waals surface area contributed by atoms with E-state index in [9.17, 15) is 9.90 Å². The van der Waals surface area contributed by atoms with E-state index in [1.165, 1.54) is 16.7 Å². The molecule has 0 fully saturated rings. The minimum absolute atomic E-state index is 0.184. The molecule has 0 aliphatic rings. The number of anilines is 1. The van der Waals surface area contributed by atoms with Gasteiger partial charge in [0.1, 0.15) is 0 Å². The van der Waals surface area contributed by atoms with Crippen molar-refractivity contribution in [1.82, 2.24) is 0 Å². The Kier molecular flexibility index (Phi) is 5.70. The van der Waals surface area contributed by atoms with Crippen LogP contribution in [0.1, 0.15) is 10.4 Å². The topological polar surface area (TPSA) is 49.3 Å². The van der Waals surface area contributed by atoms with Gasteiger partial charge in [-0.2, -0.15) is 0 Å². The zero-order valence-corrected chi connectivity index (χ0v) is 15.0. The van der Waals surface area contributed by atoms with Crippen LogP contribution in [0.2, 0.25) is 5.02 Å². The normalized spacial score (nSPS) is 10.6. The molecule has 3 aromatic carbocycles. The highest BCUT2D eigenvalue weighted by molar-refractivity contribution is 7.73. The first-order chi connectivity index (χ1) is 12.1. The van der Waals surface area contributed by atoms with Crippen LogP contribution in [0.3, 0.4) is 0 Å². The molecular formula is C20H17ClNO2P. The predicted octanol–water partition coefficient (Wildman–Crippen LogP) is 4.54. The molecule has 3 aromatic rings. The van der Waals surface area contributed by atoms with Gasteiger partial charge in [0.05, 0.1) is 5.56 Å². The standard InChI is InChI=1S/C20H17ClNO2P/c21-15-11-12-19(18(13-15)20(23)24)22-14-25(16-7-3-1-4-8-16)17-9-5-2-6-10-17/h1-13,22H,14H2,(H,23,24). The van der Waals surface area contributed by atoms with E-state index in [1.807, 2.05) is 36.4 Å². The van der Waals surface area contributed by atoms with Crippen LogP contribution in [0.25, 0.3) is 0 Å². The van der Waals surface area contributed by atoms with E-state index in [4.69, 9.17) is 11.6 Å². The van der Waals surface area contributed by atoms with Gasteiger partial charge < -0.3 is 10.4 Å². The van der Waals surface area contributed by atoms with Crippen molar-refractivity contribution >= 4 is 41.8 Å². The summed E-state index contributed by atoms with van der Waals surface area (Å²) in [7, 11) is -0.651. The zero-order valence-electron chi connectivity index (χ0n) is 13.4. The fourth-order valence-corrected chi connectivity index (χ4v) is 4.79. The summed E-state index contributed by atoms with van der Waals surface area (Å²) in [5.41, 5.74) is 0.764. The van der Waals surface area contributed by atoms with Crippen LogP contribution in [0, 0.1) is 0 Å². The Bertz CT molecular complexity index is 817. The summed E-state index contributed by atoms with van der Waals surface area (Å²) in [4.78, 5) is 11.5. The van der Waals surface area contributed by atoms with Crippen LogP contribution < -0.4 is 15.9 Å². The summed E-state index contributed by atoms with van der Waals surface area (Å²) in [6.07, 6.45) is 0.644. The summed E-state index contributed by atoms with van der Waals surface area (Å²) in [6.45, 7) is 0. The molecule has 126 valence electrons. The molecule has 0 aromatic heterocycles. The lowest BCUT2D eigenvalue weighted by molar-refractivity contribution is 0.0698. The molecule has 2 N–H and O–H groups in total. The average molecular weight is 370 g/mol. The van der Waals surface area contributed by atoms with E-state index in [2.05, 4.69) is 29.6 Å². The highest BCUT2D eigenvalue weighted by Gasteiger charge is 2.16. The van der Waals surface area contributed by atoms with E-state index in [1.54, 1.807) is 12.1 Å². The van der Waals surface area contributed by atoms with Crippen LogP contribution in [-0.2, 0) is 0 Å². The van der Waals surface area contributed by atoms with Crippen molar-refractivity contribution in [3.05, 3.63) is 89.4 Å². The van der Waals surface area contributed by atoms with Crippen molar-refractivity contribution in [2.75, 3.05) is 11.6 Å². The number of hydrogen-bond acceptors (Lipinski definition) is 2. The van der Waals surface area contributed by atoms with E-state index in [-0.39, 0.29) is 5.56 Å². The molecule has 0 saturated carbocycles. The predicted molar refractivity (Wildman–Crippen MR) is 106 cm³/mol. The Hall–Kier alpha value is -2.35. The molecule has 0 saturated heterocycles. The van der Waals surface area contributed by atoms with Gasteiger partial charge in [-0.3, -0.25) is 0 Å². The summed E-state index contributed by atoms with van der Waals surface area (Å²) < 4.78 is 0. The van der Waals surface area contributed by atoms with Crippen LogP contribution >= 0.6 is 19.5 Å². The Morgan fingerprint density at radius 1 is 0.920 bits per heavy atom. The van der Waals surface area contributed by atoms with Crippen molar-refractivity contribution in [2.45, 2.75) is 0 Å². The number of carboxylic acid groups (broad SMARTS) is 1. The van der Waals surface area contributed by atoms with Crippen LogP contribution in [0.15, 0.2) is 78.9 Å². The van der Waals surface area contributed by atoms with E-state index in [0.717, 1.165) is 0 Å². The lowest BCUT2D eigenvalue weighted by Gasteiger charge is -2.20. The molecule has 25 heavy (non-hydrogen) atoms. The molecule has 0 heterocycles. The first-order valence-electron chi connectivity index (χ1n) is 7.79. The molecule has 0 atom stereocenters. The van der Waals surface area contributed by atoms with Crippen LogP contribution in [0.5, 0.6) is 0 Å². The Labute approximate surface area is 153 Å². The molecule has 5 heteroatoms. The quantitative estimate of drug-likeness (QED) is 0.627. The fraction of sp³-hybridized carbons (Fsp3) is 0.0500. The average Bonchev–Trinajstić information content (AvgIpc) is 2.64. The molecule has 3 rings (SSSR count). The maximum atomic E-state index is 11.5. The van der Waals surface area contributed by atoms with Gasteiger partial charge in [-0.15, -0.1) is 0 Å². The number of aromatic carboxylic acids is 1. The third-order valence-electron chi connectivity index (χ3n) is 3.78. The summed E-state index contributed by atoms with van der Waals surface area (Å²) in [6, 6.07) is 25.4. The smallest absolute Gasteiger partial charge is 0.337 e. The van der Waals surface area contributed by atoms with Gasteiger partial charge in [0.15, 0.2) is 0 Å².